The van der Waals surface area contributed by atoms with Gasteiger partial charge in [-0.3, -0.25) is 14.4 Å². The van der Waals surface area contributed by atoms with Crippen molar-refractivity contribution in [2.45, 2.75) is 32.7 Å². The van der Waals surface area contributed by atoms with E-state index in [2.05, 4.69) is 5.32 Å². The number of nitrogens with zero attached hydrogens (tertiary/aromatic N) is 2. The van der Waals surface area contributed by atoms with E-state index in [1.54, 1.807) is 13.2 Å². The Morgan fingerprint density at radius 2 is 1.71 bits per heavy atom. The summed E-state index contributed by atoms with van der Waals surface area (Å²) in [6.07, 6.45) is 1.10. The molecule has 0 saturated carbocycles. The number of phenolic OH excluding ortho intramolecular Hbond substituents is 1. The minimum absolute atomic E-state index is 0.104. The predicted molar refractivity (Wildman–Crippen MR) is 212 cm³/mol. The normalized spacial score (nSPS) is 14.9. The number of pyridine rings is 1. The predicted octanol–water partition coefficient (Wildman–Crippen LogP) is 8.11. The van der Waals surface area contributed by atoms with Crippen LogP contribution in [0.15, 0.2) is 109 Å². The van der Waals surface area contributed by atoms with Crippen molar-refractivity contribution in [1.82, 2.24) is 15.2 Å². The number of phenols is 1. The summed E-state index contributed by atoms with van der Waals surface area (Å²) in [6, 6.07) is 33.6. The number of ether oxygens (including phenoxy) is 3. The Balaban J connectivity index is 0.00000115. The van der Waals surface area contributed by atoms with Crippen LogP contribution in [0.2, 0.25) is 0 Å². The Labute approximate surface area is 324 Å². The van der Waals surface area contributed by atoms with Crippen LogP contribution in [-0.4, -0.2) is 64.7 Å². The largest absolute Gasteiger partial charge is 0.507 e. The van der Waals surface area contributed by atoms with Crippen LogP contribution < -0.4 is 19.5 Å². The maximum absolute atomic E-state index is 15.1. The molecule has 9 rings (SSSR count). The first kappa shape index (κ1) is 37.4. The van der Waals surface area contributed by atoms with Crippen LogP contribution in [0.25, 0.3) is 22.2 Å². The van der Waals surface area contributed by atoms with Gasteiger partial charge in [-0.1, -0.05) is 60.2 Å². The Kier molecular flexibility index (Phi) is 10.9. The zero-order valence-corrected chi connectivity index (χ0v) is 31.2. The summed E-state index contributed by atoms with van der Waals surface area (Å²) >= 11 is 0. The fourth-order valence-corrected chi connectivity index (χ4v) is 7.04. The molecule has 0 aliphatic carbocycles. The molecule has 8 bridgehead atoms. The van der Waals surface area contributed by atoms with E-state index in [1.807, 2.05) is 103 Å². The van der Waals surface area contributed by atoms with Gasteiger partial charge >= 0.3 is 0 Å². The molecule has 1 aromatic heterocycles. The van der Waals surface area contributed by atoms with Crippen molar-refractivity contribution in [3.05, 3.63) is 143 Å². The monoisotopic (exact) mass is 751 g/mol. The van der Waals surface area contributed by atoms with Gasteiger partial charge in [-0.2, -0.15) is 0 Å². The summed E-state index contributed by atoms with van der Waals surface area (Å²) < 4.78 is 18.4. The molecular formula is C45H41N3O8. The molecule has 0 saturated heterocycles. The quantitative estimate of drug-likeness (QED) is 0.163. The summed E-state index contributed by atoms with van der Waals surface area (Å²) in [5.41, 5.74) is 7.04. The molecule has 1 unspecified atom stereocenters. The number of benzene rings is 5. The van der Waals surface area contributed by atoms with Crippen LogP contribution in [0.5, 0.6) is 28.7 Å². The second-order valence-corrected chi connectivity index (χ2v) is 13.6. The number of carbonyl (C=O) groups is 3. The molecule has 3 aliphatic rings. The van der Waals surface area contributed by atoms with Crippen molar-refractivity contribution < 1.29 is 38.8 Å². The highest BCUT2D eigenvalue weighted by atomic mass is 16.5. The van der Waals surface area contributed by atoms with Gasteiger partial charge in [0.15, 0.2) is 11.5 Å². The number of aromatic nitrogens is 1. The highest BCUT2D eigenvalue weighted by Crippen LogP contribution is 2.44. The number of hydrogen-bond donors (Lipinski definition) is 3. The summed E-state index contributed by atoms with van der Waals surface area (Å²) in [5, 5.41) is 21.5. The number of fused-ring (bicyclic) bond motifs is 7. The van der Waals surface area contributed by atoms with Crippen LogP contribution in [0, 0.1) is 6.92 Å². The first-order valence-electron chi connectivity index (χ1n) is 18.3. The molecule has 284 valence electrons. The average Bonchev–Trinajstić information content (AvgIpc) is 3.19. The lowest BCUT2D eigenvalue weighted by Crippen LogP contribution is -2.40. The van der Waals surface area contributed by atoms with Gasteiger partial charge in [0, 0.05) is 31.0 Å². The number of hydrogen-bond acceptors (Lipinski definition) is 8. The van der Waals surface area contributed by atoms with E-state index in [-0.39, 0.29) is 17.2 Å². The van der Waals surface area contributed by atoms with Gasteiger partial charge in [0.1, 0.15) is 17.2 Å². The number of aromatic hydroxyl groups is 1. The molecule has 1 atom stereocenters. The number of aliphatic carboxylic acids is 1. The number of carboxylic acids is 1. The minimum Gasteiger partial charge on any atom is -0.507 e. The molecule has 5 aromatic carbocycles. The van der Waals surface area contributed by atoms with E-state index in [9.17, 15) is 9.90 Å². The molecule has 3 aliphatic heterocycles. The van der Waals surface area contributed by atoms with Gasteiger partial charge < -0.3 is 34.6 Å². The summed E-state index contributed by atoms with van der Waals surface area (Å²) in [5.74, 6) is 0.436. The topological polar surface area (TPSA) is 148 Å². The third-order valence-electron chi connectivity index (χ3n) is 9.70. The lowest BCUT2D eigenvalue weighted by Gasteiger charge is -2.38. The highest BCUT2D eigenvalue weighted by Gasteiger charge is 2.35. The van der Waals surface area contributed by atoms with Crippen molar-refractivity contribution in [2.24, 2.45) is 0 Å². The average molecular weight is 752 g/mol. The molecule has 11 nitrogen and oxygen atoms in total. The van der Waals surface area contributed by atoms with Crippen LogP contribution in [0.4, 0.5) is 0 Å². The van der Waals surface area contributed by atoms with E-state index in [4.69, 9.17) is 29.1 Å². The fraction of sp³-hybridized carbons (Fsp3) is 0.200. The standard InChI is InChI=1S/C43H37N3O6.C2H4O2/c1-26-11-13-27(14-12-26)37-24-34(32-9-3-4-10-36(32)45-37)43(49)46-19-17-28-22-40-39(50-2)25-33(28)41(46)29-7-5-8-30(21-29)51-20-6-18-44-42(48)35-23-31(52-40)15-16-38(35)47;1-2(3)4/h3-5,7-16,21-25,41,47H,6,17-20H2,1-2H3,(H,44,48);1H3,(H,3,4). The fourth-order valence-electron chi connectivity index (χ4n) is 7.04. The molecular weight excluding hydrogens is 711 g/mol. The van der Waals surface area contributed by atoms with Crippen molar-refractivity contribution in [3.63, 3.8) is 0 Å². The van der Waals surface area contributed by atoms with Crippen molar-refractivity contribution in [1.29, 1.82) is 0 Å². The second-order valence-electron chi connectivity index (χ2n) is 13.6. The molecule has 0 spiro atoms. The second kappa shape index (κ2) is 16.2. The van der Waals surface area contributed by atoms with Crippen molar-refractivity contribution in [3.8, 4) is 40.0 Å². The molecule has 2 amide bonds. The van der Waals surface area contributed by atoms with Crippen LogP contribution in [-0.2, 0) is 11.2 Å². The van der Waals surface area contributed by atoms with E-state index in [0.29, 0.717) is 61.1 Å². The zero-order chi connectivity index (χ0) is 39.3. The smallest absolute Gasteiger partial charge is 0.300 e. The summed E-state index contributed by atoms with van der Waals surface area (Å²) in [7, 11) is 1.57. The van der Waals surface area contributed by atoms with Gasteiger partial charge in [-0.25, -0.2) is 4.98 Å². The number of carbonyl (C=O) groups excluding carboxylic acids is 2. The van der Waals surface area contributed by atoms with Gasteiger partial charge in [0.05, 0.1) is 42.1 Å². The zero-order valence-electron chi connectivity index (χ0n) is 31.2. The van der Waals surface area contributed by atoms with E-state index in [1.165, 1.54) is 12.1 Å². The first-order valence-corrected chi connectivity index (χ1v) is 18.3. The SMILES string of the molecule is CC(=O)O.COc1cc2c3cc1Oc1ccc(O)c(c1)C(=O)NCCCOc1cccc(c1)C2N(C(=O)c1cc(-c2ccc(C)cc2)nc2ccccc12)CC3. The molecule has 11 heteroatoms. The van der Waals surface area contributed by atoms with Gasteiger partial charge in [0.2, 0.25) is 0 Å². The number of amides is 2. The maximum atomic E-state index is 15.1. The van der Waals surface area contributed by atoms with Crippen LogP contribution in [0.1, 0.15) is 62.4 Å². The number of nitrogens with one attached hydrogen (secondary N) is 1. The number of methoxy groups -OCH3 is 1. The van der Waals surface area contributed by atoms with E-state index < -0.39 is 17.9 Å². The third-order valence-corrected chi connectivity index (χ3v) is 9.70. The molecule has 4 heterocycles. The van der Waals surface area contributed by atoms with Gasteiger partial charge in [-0.15, -0.1) is 0 Å². The van der Waals surface area contributed by atoms with Gasteiger partial charge in [0.25, 0.3) is 17.8 Å². The number of carboxylic acid groups (broad SMARTS) is 1. The van der Waals surface area contributed by atoms with Crippen LogP contribution >= 0.6 is 0 Å². The molecule has 6 aromatic rings. The minimum atomic E-state index is -0.833. The Morgan fingerprint density at radius 3 is 2.50 bits per heavy atom. The summed E-state index contributed by atoms with van der Waals surface area (Å²) in [6.45, 7) is 4.26. The Morgan fingerprint density at radius 1 is 0.929 bits per heavy atom. The highest BCUT2D eigenvalue weighted by molar-refractivity contribution is 6.07. The lowest BCUT2D eigenvalue weighted by molar-refractivity contribution is -0.134. The first-order chi connectivity index (χ1) is 27.1. The van der Waals surface area contributed by atoms with E-state index >= 15 is 4.79 Å². The molecule has 56 heavy (non-hydrogen) atoms. The molecule has 3 N–H and O–H groups in total. The lowest BCUT2D eigenvalue weighted by atomic mass is 9.86. The van der Waals surface area contributed by atoms with Crippen molar-refractivity contribution >= 4 is 28.7 Å². The maximum Gasteiger partial charge on any atom is 0.300 e. The molecule has 0 fully saturated rings. The van der Waals surface area contributed by atoms with Crippen LogP contribution in [0.3, 0.4) is 0 Å². The summed E-state index contributed by atoms with van der Waals surface area (Å²) in [4.78, 5) is 43.9. The Hall–Kier alpha value is -6.88. The number of para-hydroxylation sites is 1. The number of rotatable bonds is 3. The molecule has 0 radical (unpaired) electrons. The van der Waals surface area contributed by atoms with Crippen molar-refractivity contribution in [2.75, 3.05) is 26.8 Å². The van der Waals surface area contributed by atoms with E-state index in [0.717, 1.165) is 51.3 Å². The number of aryl methyl sites for hydroxylation is 1. The van der Waals surface area contributed by atoms with Gasteiger partial charge in [-0.05, 0) is 91.1 Å². The third kappa shape index (κ3) is 7.97. The Bertz CT molecular complexity index is 2440.